The zero-order valence-electron chi connectivity index (χ0n) is 16.0. The minimum Gasteiger partial charge on any atom is -0.469 e. The average Bonchev–Trinajstić information content (AvgIpc) is 3.35. The van der Waals surface area contributed by atoms with Gasteiger partial charge in [0.25, 0.3) is 21.1 Å². The van der Waals surface area contributed by atoms with Gasteiger partial charge in [0, 0.05) is 12.5 Å². The van der Waals surface area contributed by atoms with Gasteiger partial charge in [0.1, 0.15) is 17.7 Å². The van der Waals surface area contributed by atoms with Crippen LogP contribution in [0.2, 0.25) is 0 Å². The van der Waals surface area contributed by atoms with Crippen molar-refractivity contribution in [1.82, 2.24) is 9.62 Å². The molecule has 1 saturated heterocycles. The highest BCUT2D eigenvalue weighted by Gasteiger charge is 2.60. The van der Waals surface area contributed by atoms with Gasteiger partial charge >= 0.3 is 12.1 Å². The highest BCUT2D eigenvalue weighted by Crippen LogP contribution is 2.38. The molecule has 1 heterocycles. The molecule has 12 heteroatoms. The molecule has 9 nitrogen and oxygen atoms in total. The van der Waals surface area contributed by atoms with Gasteiger partial charge in [-0.15, -0.1) is 0 Å². The van der Waals surface area contributed by atoms with Crippen molar-refractivity contribution in [2.75, 3.05) is 13.7 Å². The van der Waals surface area contributed by atoms with Gasteiger partial charge in [0.05, 0.1) is 13.5 Å². The third-order valence-corrected chi connectivity index (χ3v) is 5.81. The second-order valence-corrected chi connectivity index (χ2v) is 9.52. The molecule has 1 N–H and O–H groups in total. The minimum atomic E-state index is -4.66. The predicted octanol–water partition coefficient (Wildman–Crippen LogP) is 1.03. The maximum Gasteiger partial charge on any atom is 0.410 e. The van der Waals surface area contributed by atoms with Crippen LogP contribution in [0.4, 0.5) is 13.6 Å². The second kappa shape index (κ2) is 7.54. The molecule has 28 heavy (non-hydrogen) atoms. The number of sulfonamides is 1. The van der Waals surface area contributed by atoms with E-state index < -0.39 is 69.7 Å². The van der Waals surface area contributed by atoms with Gasteiger partial charge in [-0.05, 0) is 33.6 Å². The number of amides is 1. The summed E-state index contributed by atoms with van der Waals surface area (Å²) in [6, 6.07) is -4.07. The van der Waals surface area contributed by atoms with Crippen molar-refractivity contribution in [2.45, 2.75) is 63.6 Å². The van der Waals surface area contributed by atoms with Gasteiger partial charge < -0.3 is 9.47 Å². The molecule has 1 aliphatic heterocycles. The van der Waals surface area contributed by atoms with Gasteiger partial charge in [0.2, 0.25) is 0 Å². The number of hydrogen-bond acceptors (Lipinski definition) is 7. The SMILES string of the molecule is COC(=O)C[C@H]1N(C(=O)OC(C)(C)C)C[C@@H](NS(=O)(=O)C(=O)C2CC2)C1(F)F. The summed E-state index contributed by atoms with van der Waals surface area (Å²) in [5.74, 6) is -5.53. The van der Waals surface area contributed by atoms with Crippen LogP contribution >= 0.6 is 0 Å². The zero-order valence-corrected chi connectivity index (χ0v) is 16.8. The van der Waals surface area contributed by atoms with E-state index >= 15 is 0 Å². The number of rotatable bonds is 5. The summed E-state index contributed by atoms with van der Waals surface area (Å²) < 4.78 is 65.3. The summed E-state index contributed by atoms with van der Waals surface area (Å²) in [6.45, 7) is 3.83. The number of nitrogens with zero attached hydrogens (tertiary/aromatic N) is 1. The lowest BCUT2D eigenvalue weighted by Gasteiger charge is -2.29. The fourth-order valence-electron chi connectivity index (χ4n) is 2.80. The van der Waals surface area contributed by atoms with E-state index in [0.29, 0.717) is 17.7 Å². The molecule has 0 aromatic carbocycles. The first-order chi connectivity index (χ1) is 12.7. The van der Waals surface area contributed by atoms with Crippen molar-refractivity contribution in [3.05, 3.63) is 0 Å². The number of halogens is 2. The molecule has 0 aromatic rings. The molecule has 0 aromatic heterocycles. The number of methoxy groups -OCH3 is 1. The van der Waals surface area contributed by atoms with E-state index in [-0.39, 0.29) is 0 Å². The maximum atomic E-state index is 14.9. The number of esters is 1. The lowest BCUT2D eigenvalue weighted by molar-refractivity contribution is -0.145. The Balaban J connectivity index is 2.28. The maximum absolute atomic E-state index is 14.9. The Labute approximate surface area is 161 Å². The summed E-state index contributed by atoms with van der Waals surface area (Å²) in [5, 5.41) is -1.15. The van der Waals surface area contributed by atoms with Gasteiger partial charge in [-0.1, -0.05) is 0 Å². The summed E-state index contributed by atoms with van der Waals surface area (Å²) in [5.41, 5.74) is -0.998. The van der Waals surface area contributed by atoms with Crippen molar-refractivity contribution in [3.8, 4) is 0 Å². The number of likely N-dealkylation sites (tertiary alicyclic amines) is 1. The molecular weight excluding hydrogens is 402 g/mol. The Kier molecular flexibility index (Phi) is 6.05. The summed E-state index contributed by atoms with van der Waals surface area (Å²) >= 11 is 0. The topological polar surface area (TPSA) is 119 Å². The number of alkyl halides is 2. The van der Waals surface area contributed by atoms with Crippen molar-refractivity contribution in [3.63, 3.8) is 0 Å². The Bertz CT molecular complexity index is 759. The minimum absolute atomic E-state index is 0.385. The Hall–Kier alpha value is -1.82. The van der Waals surface area contributed by atoms with Crippen LogP contribution in [0.3, 0.4) is 0 Å². The predicted molar refractivity (Wildman–Crippen MR) is 91.9 cm³/mol. The van der Waals surface area contributed by atoms with Gasteiger partial charge in [-0.2, -0.15) is 4.72 Å². The molecule has 0 unspecified atom stereocenters. The molecule has 1 aliphatic carbocycles. The van der Waals surface area contributed by atoms with E-state index in [2.05, 4.69) is 4.74 Å². The Morgan fingerprint density at radius 2 is 1.79 bits per heavy atom. The van der Waals surface area contributed by atoms with Crippen molar-refractivity contribution in [2.24, 2.45) is 5.92 Å². The standard InChI is InChI=1S/C16H24F2N2O7S/c1-15(2,3)27-14(23)20-8-10(16(17,18)11(20)7-12(21)26-4)19-28(24,25)13(22)9-5-6-9/h9-11,19H,5-8H2,1-4H3/t10-,11-/m1/s1. The molecule has 2 aliphatic rings. The first-order valence-corrected chi connectivity index (χ1v) is 10.2. The third-order valence-electron chi connectivity index (χ3n) is 4.35. The van der Waals surface area contributed by atoms with E-state index in [9.17, 15) is 31.6 Å². The van der Waals surface area contributed by atoms with Gasteiger partial charge in [-0.3, -0.25) is 14.5 Å². The monoisotopic (exact) mass is 426 g/mol. The average molecular weight is 426 g/mol. The number of carbonyl (C=O) groups excluding carboxylic acids is 3. The molecular formula is C16H24F2N2O7S. The van der Waals surface area contributed by atoms with Gasteiger partial charge in [-0.25, -0.2) is 22.0 Å². The first kappa shape index (κ1) is 22.5. The smallest absolute Gasteiger partial charge is 0.410 e. The van der Waals surface area contributed by atoms with Crippen LogP contribution < -0.4 is 4.72 Å². The first-order valence-electron chi connectivity index (χ1n) is 8.69. The quantitative estimate of drug-likeness (QED) is 0.652. The van der Waals surface area contributed by atoms with E-state index in [1.54, 1.807) is 4.72 Å². The summed E-state index contributed by atoms with van der Waals surface area (Å²) in [6.07, 6.45) is -1.22. The highest BCUT2D eigenvalue weighted by atomic mass is 32.2. The van der Waals surface area contributed by atoms with Crippen LogP contribution in [0.25, 0.3) is 0 Å². The molecule has 1 amide bonds. The van der Waals surface area contributed by atoms with E-state index in [1.165, 1.54) is 20.8 Å². The molecule has 2 atom stereocenters. The third kappa shape index (κ3) is 4.96. The Morgan fingerprint density at radius 1 is 1.21 bits per heavy atom. The zero-order chi connectivity index (χ0) is 21.5. The number of carbonyl (C=O) groups is 3. The fourth-order valence-corrected chi connectivity index (χ4v) is 4.19. The summed E-state index contributed by atoms with van der Waals surface area (Å²) in [4.78, 5) is 36.4. The summed E-state index contributed by atoms with van der Waals surface area (Å²) in [7, 11) is -3.66. The van der Waals surface area contributed by atoms with E-state index in [0.717, 1.165) is 7.11 Å². The van der Waals surface area contributed by atoms with Gasteiger partial charge in [0.15, 0.2) is 0 Å². The van der Waals surface area contributed by atoms with Crippen LogP contribution in [0.5, 0.6) is 0 Å². The van der Waals surface area contributed by atoms with Crippen molar-refractivity contribution < 1.29 is 41.1 Å². The van der Waals surface area contributed by atoms with E-state index in [4.69, 9.17) is 4.74 Å². The Morgan fingerprint density at radius 3 is 2.25 bits per heavy atom. The van der Waals surface area contributed by atoms with Crippen LogP contribution in [0.1, 0.15) is 40.0 Å². The molecule has 0 bridgehead atoms. The molecule has 2 rings (SSSR count). The molecule has 1 saturated carbocycles. The molecule has 2 fully saturated rings. The largest absolute Gasteiger partial charge is 0.469 e. The number of ether oxygens (including phenoxy) is 2. The number of nitrogens with one attached hydrogen (secondary N) is 1. The van der Waals surface area contributed by atoms with E-state index in [1.807, 2.05) is 0 Å². The lowest BCUT2D eigenvalue weighted by atomic mass is 10.1. The number of hydrogen-bond donors (Lipinski definition) is 1. The molecule has 0 radical (unpaired) electrons. The normalized spacial score (nSPS) is 24.7. The molecule has 0 spiro atoms. The van der Waals surface area contributed by atoms with Crippen LogP contribution in [0, 0.1) is 5.92 Å². The van der Waals surface area contributed by atoms with Crippen LogP contribution in [-0.4, -0.2) is 67.8 Å². The highest BCUT2D eigenvalue weighted by molar-refractivity contribution is 8.04. The fraction of sp³-hybridized carbons (Fsp3) is 0.812. The van der Waals surface area contributed by atoms with Crippen LogP contribution in [-0.2, 0) is 29.1 Å². The van der Waals surface area contributed by atoms with Crippen molar-refractivity contribution >= 4 is 27.2 Å². The van der Waals surface area contributed by atoms with Crippen molar-refractivity contribution in [1.29, 1.82) is 0 Å². The molecule has 160 valence electrons. The van der Waals surface area contributed by atoms with Crippen LogP contribution in [0.15, 0.2) is 0 Å². The second-order valence-electron chi connectivity index (χ2n) is 7.87. The lowest BCUT2D eigenvalue weighted by Crippen LogP contribution is -2.51.